The fourth-order valence-electron chi connectivity index (χ4n) is 3.28. The first-order valence-electron chi connectivity index (χ1n) is 10.1. The number of rotatable bonds is 5. The average Bonchev–Trinajstić information content (AvgIpc) is 2.65. The Morgan fingerprint density at radius 1 is 1.12 bits per heavy atom. The molecule has 0 unspecified atom stereocenters. The number of aromatic nitrogens is 2. The first-order valence-corrected chi connectivity index (χ1v) is 10.1. The third-order valence-corrected chi connectivity index (χ3v) is 4.60. The summed E-state index contributed by atoms with van der Waals surface area (Å²) in [7, 11) is 0. The molecule has 32 heavy (non-hydrogen) atoms. The second-order valence-electron chi connectivity index (χ2n) is 8.42. The Morgan fingerprint density at radius 2 is 1.78 bits per heavy atom. The normalized spacial score (nSPS) is 11.6. The summed E-state index contributed by atoms with van der Waals surface area (Å²) in [6.07, 6.45) is -0.0650. The smallest absolute Gasteiger partial charge is 0.407 e. The molecule has 6 nitrogen and oxygen atoms in total. The van der Waals surface area contributed by atoms with E-state index in [0.717, 1.165) is 22.8 Å². The van der Waals surface area contributed by atoms with E-state index < -0.39 is 34.7 Å². The van der Waals surface area contributed by atoms with E-state index in [1.165, 1.54) is 6.07 Å². The Balaban J connectivity index is 2.00. The van der Waals surface area contributed by atoms with Gasteiger partial charge in [-0.3, -0.25) is 9.36 Å². The molecule has 0 aliphatic heterocycles. The largest absolute Gasteiger partial charge is 0.444 e. The van der Waals surface area contributed by atoms with Crippen molar-refractivity contribution in [1.29, 1.82) is 0 Å². The number of amides is 1. The fourth-order valence-corrected chi connectivity index (χ4v) is 3.28. The van der Waals surface area contributed by atoms with E-state index >= 15 is 0 Å². The Morgan fingerprint density at radius 3 is 2.41 bits per heavy atom. The number of hydrogen-bond donors (Lipinski definition) is 1. The lowest BCUT2D eigenvalue weighted by molar-refractivity contribution is 0.0527. The summed E-state index contributed by atoms with van der Waals surface area (Å²) >= 11 is 0. The topological polar surface area (TPSA) is 73.2 Å². The lowest BCUT2D eigenvalue weighted by Crippen LogP contribution is -2.33. The third kappa shape index (κ3) is 5.27. The maximum Gasteiger partial charge on any atom is 0.407 e. The van der Waals surface area contributed by atoms with Crippen molar-refractivity contribution in [3.8, 4) is 5.69 Å². The van der Waals surface area contributed by atoms with Gasteiger partial charge in [0.05, 0.1) is 11.2 Å². The average molecular weight is 447 g/mol. The van der Waals surface area contributed by atoms with E-state index in [1.54, 1.807) is 27.7 Å². The van der Waals surface area contributed by atoms with Crippen LogP contribution in [0.4, 0.5) is 18.0 Å². The van der Waals surface area contributed by atoms with E-state index in [9.17, 15) is 22.8 Å². The van der Waals surface area contributed by atoms with Gasteiger partial charge in [0.2, 0.25) is 0 Å². The highest BCUT2D eigenvalue weighted by atomic mass is 19.1. The van der Waals surface area contributed by atoms with Crippen LogP contribution in [-0.2, 0) is 11.2 Å². The number of nitrogens with one attached hydrogen (secondary N) is 1. The van der Waals surface area contributed by atoms with Crippen LogP contribution in [0.2, 0.25) is 0 Å². The number of ether oxygens (including phenoxy) is 1. The van der Waals surface area contributed by atoms with Crippen LogP contribution in [0, 0.1) is 24.4 Å². The van der Waals surface area contributed by atoms with Crippen LogP contribution in [0.25, 0.3) is 16.6 Å². The summed E-state index contributed by atoms with van der Waals surface area (Å²) < 4.78 is 48.4. The van der Waals surface area contributed by atoms with Gasteiger partial charge in [0.25, 0.3) is 5.56 Å². The predicted octanol–water partition coefficient (Wildman–Crippen LogP) is 4.57. The molecule has 0 fully saturated rings. The van der Waals surface area contributed by atoms with Crippen LogP contribution in [-0.4, -0.2) is 27.8 Å². The second-order valence-corrected chi connectivity index (χ2v) is 8.42. The number of benzene rings is 2. The quantitative estimate of drug-likeness (QED) is 0.582. The first-order chi connectivity index (χ1) is 15.0. The number of carbonyl (C=O) groups excluding carboxylic acids is 1. The highest BCUT2D eigenvalue weighted by Crippen LogP contribution is 2.21. The van der Waals surface area contributed by atoms with Gasteiger partial charge in [0.1, 0.15) is 34.3 Å². The number of alkyl carbamates (subject to hydrolysis) is 1. The summed E-state index contributed by atoms with van der Waals surface area (Å²) in [6, 6.07) is 5.30. The molecule has 0 aliphatic carbocycles. The monoisotopic (exact) mass is 447 g/mol. The molecule has 0 saturated carbocycles. The Bertz CT molecular complexity index is 1210. The van der Waals surface area contributed by atoms with Crippen LogP contribution in [0.1, 0.15) is 38.6 Å². The van der Waals surface area contributed by atoms with Gasteiger partial charge in [-0.05, 0) is 57.9 Å². The van der Waals surface area contributed by atoms with Gasteiger partial charge in [-0.15, -0.1) is 0 Å². The van der Waals surface area contributed by atoms with Gasteiger partial charge >= 0.3 is 6.09 Å². The highest BCUT2D eigenvalue weighted by molar-refractivity contribution is 5.81. The van der Waals surface area contributed by atoms with Gasteiger partial charge < -0.3 is 10.1 Å². The summed E-state index contributed by atoms with van der Waals surface area (Å²) in [4.78, 5) is 29.4. The van der Waals surface area contributed by atoms with E-state index in [-0.39, 0.29) is 35.4 Å². The molecule has 0 aliphatic rings. The van der Waals surface area contributed by atoms with Crippen molar-refractivity contribution >= 4 is 17.0 Å². The third-order valence-electron chi connectivity index (χ3n) is 4.60. The van der Waals surface area contributed by atoms with Crippen molar-refractivity contribution in [2.45, 2.75) is 46.1 Å². The molecule has 0 radical (unpaired) electrons. The van der Waals surface area contributed by atoms with Crippen LogP contribution in [0.15, 0.2) is 35.1 Å². The number of hydrogen-bond acceptors (Lipinski definition) is 4. The molecule has 0 atom stereocenters. The molecule has 1 N–H and O–H groups in total. The number of aryl methyl sites for hydroxylation is 2. The summed E-state index contributed by atoms with van der Waals surface area (Å²) in [5.74, 6) is -2.34. The fraction of sp³-hybridized carbons (Fsp3) is 0.348. The van der Waals surface area contributed by atoms with Crippen LogP contribution < -0.4 is 10.9 Å². The Labute approximate surface area is 183 Å². The lowest BCUT2D eigenvalue weighted by atomic mass is 10.1. The maximum absolute atomic E-state index is 14.5. The maximum atomic E-state index is 14.5. The van der Waals surface area contributed by atoms with E-state index in [1.807, 2.05) is 0 Å². The van der Waals surface area contributed by atoms with Crippen molar-refractivity contribution in [3.63, 3.8) is 0 Å². The molecule has 1 aromatic heterocycles. The van der Waals surface area contributed by atoms with Gasteiger partial charge in [0, 0.05) is 19.0 Å². The molecule has 2 aromatic carbocycles. The van der Waals surface area contributed by atoms with E-state index in [4.69, 9.17) is 4.74 Å². The Kier molecular flexibility index (Phi) is 6.57. The summed E-state index contributed by atoms with van der Waals surface area (Å²) in [5.41, 5.74) is -0.746. The Hall–Kier alpha value is -3.36. The lowest BCUT2D eigenvalue weighted by Gasteiger charge is -2.19. The molecule has 1 heterocycles. The van der Waals surface area contributed by atoms with Gasteiger partial charge in [-0.1, -0.05) is 6.07 Å². The molecular formula is C23H24F3N3O3. The minimum absolute atomic E-state index is 0.0992. The molecule has 170 valence electrons. The summed E-state index contributed by atoms with van der Waals surface area (Å²) in [5, 5.41) is 2.34. The van der Waals surface area contributed by atoms with E-state index in [2.05, 4.69) is 10.3 Å². The second kappa shape index (κ2) is 9.02. The summed E-state index contributed by atoms with van der Waals surface area (Å²) in [6.45, 7) is 7.12. The SMILES string of the molecule is Cc1ccc(F)c2c(=O)n(-c3cc(F)cc(F)c3)c(CCCNC(=O)OC(C)(C)C)nc12. The van der Waals surface area contributed by atoms with Gasteiger partial charge in [-0.2, -0.15) is 0 Å². The van der Waals surface area contributed by atoms with Crippen molar-refractivity contribution in [3.05, 3.63) is 69.5 Å². The molecule has 0 saturated heterocycles. The predicted molar refractivity (Wildman–Crippen MR) is 115 cm³/mol. The van der Waals surface area contributed by atoms with Crippen LogP contribution >= 0.6 is 0 Å². The molecule has 0 bridgehead atoms. The van der Waals surface area contributed by atoms with E-state index in [0.29, 0.717) is 18.1 Å². The molecular weight excluding hydrogens is 423 g/mol. The molecule has 3 aromatic rings. The zero-order valence-corrected chi connectivity index (χ0v) is 18.3. The van der Waals surface area contributed by atoms with Crippen molar-refractivity contribution in [2.75, 3.05) is 6.54 Å². The van der Waals surface area contributed by atoms with Crippen molar-refractivity contribution in [1.82, 2.24) is 14.9 Å². The molecule has 9 heteroatoms. The highest BCUT2D eigenvalue weighted by Gasteiger charge is 2.19. The number of nitrogens with zero attached hydrogens (tertiary/aromatic N) is 2. The minimum atomic E-state index is -0.880. The molecule has 3 rings (SSSR count). The molecule has 0 spiro atoms. The molecule has 1 amide bonds. The zero-order valence-electron chi connectivity index (χ0n) is 18.3. The standard InChI is InChI=1S/C23H24F3N3O3/c1-13-7-8-17(26)19-20(13)28-18(6-5-9-27-22(31)32-23(2,3)4)29(21(19)30)16-11-14(24)10-15(25)12-16/h7-8,10-12H,5-6,9H2,1-4H3,(H,27,31). The van der Waals surface area contributed by atoms with Crippen LogP contribution in [0.5, 0.6) is 0 Å². The van der Waals surface area contributed by atoms with Crippen molar-refractivity contribution in [2.24, 2.45) is 0 Å². The first kappa shape index (κ1) is 23.3. The van der Waals surface area contributed by atoms with Crippen LogP contribution in [0.3, 0.4) is 0 Å². The van der Waals surface area contributed by atoms with Gasteiger partial charge in [-0.25, -0.2) is 22.9 Å². The minimum Gasteiger partial charge on any atom is -0.444 e. The van der Waals surface area contributed by atoms with Crippen molar-refractivity contribution < 1.29 is 22.7 Å². The zero-order chi connectivity index (χ0) is 23.6. The number of carbonyl (C=O) groups is 1. The van der Waals surface area contributed by atoms with Gasteiger partial charge in [0.15, 0.2) is 0 Å². The number of fused-ring (bicyclic) bond motifs is 1. The number of halogens is 3.